The largest absolute Gasteiger partial charge is 0.390 e. The van der Waals surface area contributed by atoms with Crippen LogP contribution in [0, 0.1) is 11.8 Å². The maximum absolute atomic E-state index is 10.5. The van der Waals surface area contributed by atoms with Crippen molar-refractivity contribution < 1.29 is 14.9 Å². The number of aliphatic hydroxyl groups is 2. The van der Waals surface area contributed by atoms with E-state index < -0.39 is 12.2 Å². The quantitative estimate of drug-likeness (QED) is 0.557. The van der Waals surface area contributed by atoms with Crippen molar-refractivity contribution in [3.8, 4) is 0 Å². The Morgan fingerprint density at radius 2 is 2.06 bits per heavy atom. The van der Waals surface area contributed by atoms with Crippen LogP contribution in [0.3, 0.4) is 0 Å². The third kappa shape index (κ3) is 2.63. The van der Waals surface area contributed by atoms with Crippen LogP contribution >= 0.6 is 0 Å². The second-order valence-electron chi connectivity index (χ2n) is 6.49. The molecule has 1 saturated heterocycles. The monoisotopic (exact) mass is 254 g/mol. The molecule has 0 unspecified atom stereocenters. The number of hydrogen-bond donors (Lipinski definition) is 2. The van der Waals surface area contributed by atoms with Crippen LogP contribution in [0.1, 0.15) is 47.0 Å². The van der Waals surface area contributed by atoms with Crippen LogP contribution in [-0.4, -0.2) is 34.1 Å². The van der Waals surface area contributed by atoms with E-state index in [1.54, 1.807) is 0 Å². The Morgan fingerprint density at radius 3 is 2.67 bits per heavy atom. The first-order valence-corrected chi connectivity index (χ1v) is 7.06. The van der Waals surface area contributed by atoms with Gasteiger partial charge in [-0.05, 0) is 50.5 Å². The van der Waals surface area contributed by atoms with Gasteiger partial charge in [-0.1, -0.05) is 19.9 Å². The zero-order valence-electron chi connectivity index (χ0n) is 11.9. The van der Waals surface area contributed by atoms with Gasteiger partial charge in [-0.15, -0.1) is 0 Å². The molecule has 0 aromatic heterocycles. The highest BCUT2D eigenvalue weighted by Crippen LogP contribution is 2.46. The Kier molecular flexibility index (Phi) is 3.86. The van der Waals surface area contributed by atoms with Crippen molar-refractivity contribution in [1.82, 2.24) is 0 Å². The number of rotatable bonds is 1. The van der Waals surface area contributed by atoms with Crippen LogP contribution in [0.2, 0.25) is 0 Å². The van der Waals surface area contributed by atoms with Crippen LogP contribution < -0.4 is 0 Å². The van der Waals surface area contributed by atoms with E-state index in [2.05, 4.69) is 26.8 Å². The molecule has 2 N–H and O–H groups in total. The van der Waals surface area contributed by atoms with Gasteiger partial charge < -0.3 is 14.9 Å². The fourth-order valence-corrected chi connectivity index (χ4v) is 3.08. The van der Waals surface area contributed by atoms with E-state index in [4.69, 9.17) is 4.74 Å². The normalized spacial score (nSPS) is 48.3. The summed E-state index contributed by atoms with van der Waals surface area (Å²) in [7, 11) is 0. The molecule has 1 fully saturated rings. The van der Waals surface area contributed by atoms with Crippen molar-refractivity contribution in [3.05, 3.63) is 11.6 Å². The van der Waals surface area contributed by atoms with Gasteiger partial charge in [-0.3, -0.25) is 0 Å². The first kappa shape index (κ1) is 14.0. The SMILES string of the molecule is C/C1=C\CC[C@]2(C)O[C@@H]2[C@H](O)[C@H](C(C)C)C[C@H]1O. The van der Waals surface area contributed by atoms with Crippen molar-refractivity contribution in [2.75, 3.05) is 0 Å². The van der Waals surface area contributed by atoms with E-state index >= 15 is 0 Å². The van der Waals surface area contributed by atoms with Gasteiger partial charge in [0.15, 0.2) is 0 Å². The smallest absolute Gasteiger partial charge is 0.113 e. The molecule has 18 heavy (non-hydrogen) atoms. The maximum atomic E-state index is 10.5. The minimum atomic E-state index is -0.462. The molecule has 104 valence electrons. The topological polar surface area (TPSA) is 53.0 Å². The molecule has 0 aromatic carbocycles. The molecule has 1 heterocycles. The van der Waals surface area contributed by atoms with E-state index in [9.17, 15) is 10.2 Å². The predicted octanol–water partition coefficient (Wildman–Crippen LogP) is 2.27. The second kappa shape index (κ2) is 4.95. The summed E-state index contributed by atoms with van der Waals surface area (Å²) in [6, 6.07) is 0. The summed E-state index contributed by atoms with van der Waals surface area (Å²) in [5.74, 6) is 0.434. The van der Waals surface area contributed by atoms with Crippen LogP contribution in [0.5, 0.6) is 0 Å². The molecule has 3 nitrogen and oxygen atoms in total. The molecule has 0 aromatic rings. The number of allylic oxidation sites excluding steroid dienone is 1. The summed E-state index contributed by atoms with van der Waals surface area (Å²) in [6.07, 6.45) is 3.62. The maximum Gasteiger partial charge on any atom is 0.113 e. The lowest BCUT2D eigenvalue weighted by atomic mass is 9.79. The van der Waals surface area contributed by atoms with Gasteiger partial charge in [0.1, 0.15) is 6.10 Å². The lowest BCUT2D eigenvalue weighted by Crippen LogP contribution is -2.36. The van der Waals surface area contributed by atoms with Gasteiger partial charge in [-0.2, -0.15) is 0 Å². The fourth-order valence-electron chi connectivity index (χ4n) is 3.08. The van der Waals surface area contributed by atoms with Crippen molar-refractivity contribution in [3.63, 3.8) is 0 Å². The lowest BCUT2D eigenvalue weighted by Gasteiger charge is -2.29. The van der Waals surface area contributed by atoms with Crippen LogP contribution in [0.4, 0.5) is 0 Å². The van der Waals surface area contributed by atoms with E-state index in [0.29, 0.717) is 12.3 Å². The molecule has 0 bridgehead atoms. The Morgan fingerprint density at radius 1 is 1.39 bits per heavy atom. The summed E-state index contributed by atoms with van der Waals surface area (Å²) in [4.78, 5) is 0. The molecule has 0 radical (unpaired) electrons. The molecule has 0 amide bonds. The van der Waals surface area contributed by atoms with E-state index in [1.807, 2.05) is 6.92 Å². The molecule has 1 aliphatic heterocycles. The Labute approximate surface area is 110 Å². The van der Waals surface area contributed by atoms with Gasteiger partial charge in [0.2, 0.25) is 0 Å². The summed E-state index contributed by atoms with van der Waals surface area (Å²) in [5, 5.41) is 20.7. The number of ether oxygens (including phenoxy) is 1. The number of aliphatic hydroxyl groups excluding tert-OH is 2. The fraction of sp³-hybridized carbons (Fsp3) is 0.867. The molecule has 2 aliphatic rings. The van der Waals surface area contributed by atoms with E-state index in [0.717, 1.165) is 18.4 Å². The van der Waals surface area contributed by atoms with Gasteiger partial charge in [0, 0.05) is 0 Å². The Balaban J connectivity index is 2.20. The highest BCUT2D eigenvalue weighted by Gasteiger charge is 2.57. The standard InChI is InChI=1S/C15H26O3/c1-9(2)11-8-12(16)10(3)6-5-7-15(4)14(18-15)13(11)17/h6,9,11-14,16-17H,5,7-8H2,1-4H3/b10-6+/t11-,12+,13+,14+,15-/m0/s1. The van der Waals surface area contributed by atoms with Crippen molar-refractivity contribution >= 4 is 0 Å². The van der Waals surface area contributed by atoms with Crippen LogP contribution in [0.25, 0.3) is 0 Å². The Hall–Kier alpha value is -0.380. The highest BCUT2D eigenvalue weighted by molar-refractivity contribution is 5.11. The molecule has 2 rings (SSSR count). The average molecular weight is 254 g/mol. The van der Waals surface area contributed by atoms with E-state index in [1.165, 1.54) is 0 Å². The molecule has 5 atom stereocenters. The summed E-state index contributed by atoms with van der Waals surface area (Å²) in [6.45, 7) is 8.26. The predicted molar refractivity (Wildman–Crippen MR) is 71.2 cm³/mol. The Bertz CT molecular complexity index is 337. The molecular weight excluding hydrogens is 228 g/mol. The molecule has 0 saturated carbocycles. The first-order chi connectivity index (χ1) is 8.35. The summed E-state index contributed by atoms with van der Waals surface area (Å²) >= 11 is 0. The zero-order chi connectivity index (χ0) is 13.5. The highest BCUT2D eigenvalue weighted by atomic mass is 16.6. The zero-order valence-corrected chi connectivity index (χ0v) is 11.9. The third-order valence-corrected chi connectivity index (χ3v) is 4.67. The first-order valence-electron chi connectivity index (χ1n) is 7.06. The van der Waals surface area contributed by atoms with Crippen LogP contribution in [0.15, 0.2) is 11.6 Å². The van der Waals surface area contributed by atoms with Gasteiger partial charge in [0.05, 0.1) is 17.8 Å². The molecular formula is C15H26O3. The summed E-state index contributed by atoms with van der Waals surface area (Å²) in [5.41, 5.74) is 0.863. The number of fused-ring (bicyclic) bond motifs is 1. The van der Waals surface area contributed by atoms with E-state index in [-0.39, 0.29) is 17.6 Å². The van der Waals surface area contributed by atoms with Gasteiger partial charge >= 0.3 is 0 Å². The summed E-state index contributed by atoms with van der Waals surface area (Å²) < 4.78 is 5.74. The van der Waals surface area contributed by atoms with Crippen molar-refractivity contribution in [1.29, 1.82) is 0 Å². The number of epoxide rings is 1. The molecule has 1 aliphatic carbocycles. The average Bonchev–Trinajstić information content (AvgIpc) is 2.95. The van der Waals surface area contributed by atoms with Crippen molar-refractivity contribution in [2.24, 2.45) is 11.8 Å². The third-order valence-electron chi connectivity index (χ3n) is 4.67. The molecule has 0 spiro atoms. The van der Waals surface area contributed by atoms with Gasteiger partial charge in [0.25, 0.3) is 0 Å². The lowest BCUT2D eigenvalue weighted by molar-refractivity contribution is 0.0287. The minimum Gasteiger partial charge on any atom is -0.390 e. The number of hydrogen-bond acceptors (Lipinski definition) is 3. The van der Waals surface area contributed by atoms with Gasteiger partial charge in [-0.25, -0.2) is 0 Å². The molecule has 3 heteroatoms. The van der Waals surface area contributed by atoms with Crippen molar-refractivity contribution in [2.45, 2.75) is 70.9 Å². The second-order valence-corrected chi connectivity index (χ2v) is 6.49. The van der Waals surface area contributed by atoms with Crippen LogP contribution in [-0.2, 0) is 4.74 Å². The minimum absolute atomic E-state index is 0.0519.